The molecule has 4 heteroatoms. The Balaban J connectivity index is 1.80. The molecule has 140 valence electrons. The minimum Gasteiger partial charge on any atom is -0.497 e. The second kappa shape index (κ2) is 9.85. The van der Waals surface area contributed by atoms with Crippen molar-refractivity contribution in [2.45, 2.75) is 46.1 Å². The molecule has 4 nitrogen and oxygen atoms in total. The molecule has 2 aromatic rings. The monoisotopic (exact) mass is 355 g/mol. The number of nitrogens with one attached hydrogen (secondary N) is 1. The van der Waals surface area contributed by atoms with Crippen molar-refractivity contribution in [2.24, 2.45) is 0 Å². The van der Waals surface area contributed by atoms with Gasteiger partial charge in [0.1, 0.15) is 11.5 Å². The molecule has 0 heterocycles. The van der Waals surface area contributed by atoms with Crippen molar-refractivity contribution in [3.8, 4) is 11.5 Å². The summed E-state index contributed by atoms with van der Waals surface area (Å²) in [5.41, 5.74) is 3.48. The number of carbonyl (C=O) groups excluding carboxylic acids is 1. The first-order valence-electron chi connectivity index (χ1n) is 9.18. The molecular weight excluding hydrogens is 326 g/mol. The fourth-order valence-corrected chi connectivity index (χ4v) is 2.74. The highest BCUT2D eigenvalue weighted by Crippen LogP contribution is 2.22. The molecule has 26 heavy (non-hydrogen) atoms. The van der Waals surface area contributed by atoms with E-state index in [9.17, 15) is 4.79 Å². The predicted molar refractivity (Wildman–Crippen MR) is 105 cm³/mol. The third-order valence-corrected chi connectivity index (χ3v) is 4.59. The number of carbonyl (C=O) groups is 1. The molecule has 1 atom stereocenters. The van der Waals surface area contributed by atoms with Crippen LogP contribution in [0.25, 0.3) is 0 Å². The summed E-state index contributed by atoms with van der Waals surface area (Å²) in [4.78, 5) is 12.4. The van der Waals surface area contributed by atoms with E-state index in [-0.39, 0.29) is 5.91 Å². The van der Waals surface area contributed by atoms with Crippen LogP contribution in [0.5, 0.6) is 11.5 Å². The maximum Gasteiger partial charge on any atom is 0.261 e. The first-order valence-corrected chi connectivity index (χ1v) is 9.18. The molecule has 0 aliphatic carbocycles. The molecule has 0 aliphatic heterocycles. The Bertz CT molecular complexity index is 710. The zero-order valence-electron chi connectivity index (χ0n) is 16.2. The Hall–Kier alpha value is -2.49. The summed E-state index contributed by atoms with van der Waals surface area (Å²) in [6.07, 6.45) is 1.98. The van der Waals surface area contributed by atoms with Crippen LogP contribution in [0.4, 0.5) is 0 Å². The predicted octanol–water partition coefficient (Wildman–Crippen LogP) is 4.22. The molecule has 2 rings (SSSR count). The van der Waals surface area contributed by atoms with Crippen LogP contribution < -0.4 is 14.8 Å². The lowest BCUT2D eigenvalue weighted by atomic mass is 10.1. The normalized spacial score (nSPS) is 11.7. The van der Waals surface area contributed by atoms with Crippen molar-refractivity contribution >= 4 is 5.91 Å². The molecule has 2 aromatic carbocycles. The van der Waals surface area contributed by atoms with Crippen LogP contribution in [0.3, 0.4) is 0 Å². The van der Waals surface area contributed by atoms with Crippen LogP contribution in [0, 0.1) is 13.8 Å². The standard InChI is InChI=1S/C22H29NO3/c1-5-20(26-21-10-6-8-16(2)17(21)3)22(24)23-15-7-9-18-11-13-19(25-4)14-12-18/h6,8,10-14,20H,5,7,9,15H2,1-4H3,(H,23,24)/t20-/m1/s1. The highest BCUT2D eigenvalue weighted by molar-refractivity contribution is 5.81. The van der Waals surface area contributed by atoms with E-state index in [1.54, 1.807) is 7.11 Å². The molecule has 0 aliphatic rings. The number of hydrogen-bond donors (Lipinski definition) is 1. The van der Waals surface area contributed by atoms with Crippen LogP contribution in [0.1, 0.15) is 36.5 Å². The molecule has 0 aromatic heterocycles. The maximum atomic E-state index is 12.4. The van der Waals surface area contributed by atoms with Crippen LogP contribution in [-0.2, 0) is 11.2 Å². The van der Waals surface area contributed by atoms with Gasteiger partial charge in [0.15, 0.2) is 6.10 Å². The number of ether oxygens (including phenoxy) is 2. The van der Waals surface area contributed by atoms with Gasteiger partial charge in [0.2, 0.25) is 0 Å². The smallest absolute Gasteiger partial charge is 0.261 e. The Morgan fingerprint density at radius 2 is 1.85 bits per heavy atom. The number of hydrogen-bond acceptors (Lipinski definition) is 3. The lowest BCUT2D eigenvalue weighted by molar-refractivity contribution is -0.128. The van der Waals surface area contributed by atoms with Gasteiger partial charge >= 0.3 is 0 Å². The quantitative estimate of drug-likeness (QED) is 0.685. The van der Waals surface area contributed by atoms with Crippen LogP contribution >= 0.6 is 0 Å². The van der Waals surface area contributed by atoms with Crippen molar-refractivity contribution in [1.82, 2.24) is 5.32 Å². The fourth-order valence-electron chi connectivity index (χ4n) is 2.74. The van der Waals surface area contributed by atoms with Gasteiger partial charge in [-0.2, -0.15) is 0 Å². The average molecular weight is 355 g/mol. The molecule has 0 saturated heterocycles. The van der Waals surface area contributed by atoms with Gasteiger partial charge < -0.3 is 14.8 Å². The third kappa shape index (κ3) is 5.51. The summed E-state index contributed by atoms with van der Waals surface area (Å²) in [5, 5.41) is 2.99. The van der Waals surface area contributed by atoms with Gasteiger partial charge in [-0.25, -0.2) is 0 Å². The number of methoxy groups -OCH3 is 1. The van der Waals surface area contributed by atoms with Gasteiger partial charge in [-0.05, 0) is 68.0 Å². The van der Waals surface area contributed by atoms with Crippen molar-refractivity contribution in [1.29, 1.82) is 0 Å². The second-order valence-corrected chi connectivity index (χ2v) is 6.46. The topological polar surface area (TPSA) is 47.6 Å². The zero-order valence-corrected chi connectivity index (χ0v) is 16.2. The minimum atomic E-state index is -0.462. The molecular formula is C22H29NO3. The second-order valence-electron chi connectivity index (χ2n) is 6.46. The van der Waals surface area contributed by atoms with E-state index in [1.807, 2.05) is 51.1 Å². The van der Waals surface area contributed by atoms with Gasteiger partial charge in [-0.1, -0.05) is 31.2 Å². The molecule has 1 amide bonds. The van der Waals surface area contributed by atoms with E-state index in [0.717, 1.165) is 35.5 Å². The highest BCUT2D eigenvalue weighted by atomic mass is 16.5. The van der Waals surface area contributed by atoms with E-state index >= 15 is 0 Å². The Morgan fingerprint density at radius 3 is 2.50 bits per heavy atom. The third-order valence-electron chi connectivity index (χ3n) is 4.59. The average Bonchev–Trinajstić information content (AvgIpc) is 2.66. The first-order chi connectivity index (χ1) is 12.5. The molecule has 0 bridgehead atoms. The Kier molecular flexibility index (Phi) is 7.52. The van der Waals surface area contributed by atoms with Gasteiger partial charge in [0.05, 0.1) is 7.11 Å². The van der Waals surface area contributed by atoms with Crippen molar-refractivity contribution in [3.05, 3.63) is 59.2 Å². The van der Waals surface area contributed by atoms with Gasteiger partial charge in [-0.15, -0.1) is 0 Å². The van der Waals surface area contributed by atoms with E-state index < -0.39 is 6.10 Å². The maximum absolute atomic E-state index is 12.4. The van der Waals surface area contributed by atoms with Gasteiger partial charge in [0, 0.05) is 6.54 Å². The molecule has 0 saturated carbocycles. The minimum absolute atomic E-state index is 0.0527. The summed E-state index contributed by atoms with van der Waals surface area (Å²) in [6, 6.07) is 13.9. The largest absolute Gasteiger partial charge is 0.497 e. The molecule has 0 spiro atoms. The molecule has 0 unspecified atom stereocenters. The van der Waals surface area contributed by atoms with Crippen LogP contribution in [0.15, 0.2) is 42.5 Å². The summed E-state index contributed by atoms with van der Waals surface area (Å²) < 4.78 is 11.1. The number of aryl methyl sites for hydroxylation is 2. The molecule has 1 N–H and O–H groups in total. The first kappa shape index (κ1) is 19.8. The van der Waals surface area contributed by atoms with Crippen LogP contribution in [0.2, 0.25) is 0 Å². The van der Waals surface area contributed by atoms with E-state index in [4.69, 9.17) is 9.47 Å². The lowest BCUT2D eigenvalue weighted by Crippen LogP contribution is -2.38. The molecule has 0 fully saturated rings. The summed E-state index contributed by atoms with van der Waals surface area (Å²) >= 11 is 0. The lowest BCUT2D eigenvalue weighted by Gasteiger charge is -2.19. The van der Waals surface area contributed by atoms with Gasteiger partial charge in [0.25, 0.3) is 5.91 Å². The van der Waals surface area contributed by atoms with Crippen molar-refractivity contribution in [3.63, 3.8) is 0 Å². The van der Waals surface area contributed by atoms with E-state index in [1.165, 1.54) is 5.56 Å². The SMILES string of the molecule is CC[C@@H](Oc1cccc(C)c1C)C(=O)NCCCc1ccc(OC)cc1. The van der Waals surface area contributed by atoms with Crippen molar-refractivity contribution in [2.75, 3.05) is 13.7 Å². The Labute approximate surface area is 156 Å². The fraction of sp³-hybridized carbons (Fsp3) is 0.409. The highest BCUT2D eigenvalue weighted by Gasteiger charge is 2.18. The zero-order chi connectivity index (χ0) is 18.9. The van der Waals surface area contributed by atoms with Crippen LogP contribution in [-0.4, -0.2) is 25.7 Å². The summed E-state index contributed by atoms with van der Waals surface area (Å²) in [6.45, 7) is 6.66. The van der Waals surface area contributed by atoms with Crippen molar-refractivity contribution < 1.29 is 14.3 Å². The summed E-state index contributed by atoms with van der Waals surface area (Å²) in [5.74, 6) is 1.59. The summed E-state index contributed by atoms with van der Waals surface area (Å²) in [7, 11) is 1.66. The van der Waals surface area contributed by atoms with Gasteiger partial charge in [-0.3, -0.25) is 4.79 Å². The number of benzene rings is 2. The number of amides is 1. The molecule has 0 radical (unpaired) electrons. The van der Waals surface area contributed by atoms with E-state index in [0.29, 0.717) is 13.0 Å². The van der Waals surface area contributed by atoms with E-state index in [2.05, 4.69) is 17.4 Å². The number of rotatable bonds is 9. The Morgan fingerprint density at radius 1 is 1.12 bits per heavy atom.